The zero-order chi connectivity index (χ0) is 8.81. The van der Waals surface area contributed by atoms with Crippen molar-refractivity contribution in [1.82, 2.24) is 0 Å². The smallest absolute Gasteiger partial charge is 0.152 e. The molecule has 0 atom stereocenters. The average molecular weight is 184 g/mol. The second kappa shape index (κ2) is 5.30. The topological polar surface area (TPSA) is 18.5 Å². The van der Waals surface area contributed by atoms with Crippen LogP contribution in [0.3, 0.4) is 0 Å². The predicted molar refractivity (Wildman–Crippen MR) is 52.5 cm³/mol. The number of hydrogen-bond acceptors (Lipinski definition) is 2. The van der Waals surface area contributed by atoms with Crippen LogP contribution in [0.25, 0.3) is 0 Å². The normalized spacial score (nSPS) is 16.6. The van der Waals surface area contributed by atoms with E-state index >= 15 is 0 Å². The number of allylic oxidation sites excluding steroid dienone is 2. The van der Waals surface area contributed by atoms with E-state index in [9.17, 15) is 0 Å². The van der Waals surface area contributed by atoms with Crippen LogP contribution in [0.15, 0.2) is 23.6 Å². The fourth-order valence-corrected chi connectivity index (χ4v) is 3.32. The molecule has 0 bridgehead atoms. The van der Waals surface area contributed by atoms with Crippen LogP contribution < -0.4 is 0 Å². The maximum Gasteiger partial charge on any atom is 0.152 e. The molecule has 0 saturated heterocycles. The third-order valence-electron chi connectivity index (χ3n) is 1.75. The summed E-state index contributed by atoms with van der Waals surface area (Å²) < 4.78 is 11.0. The van der Waals surface area contributed by atoms with E-state index in [0.717, 1.165) is 13.2 Å². The number of rotatable bonds is 5. The van der Waals surface area contributed by atoms with Crippen molar-refractivity contribution in [1.29, 1.82) is 0 Å². The Morgan fingerprint density at radius 2 is 1.58 bits per heavy atom. The van der Waals surface area contributed by atoms with Gasteiger partial charge in [0.05, 0.1) is 0 Å². The van der Waals surface area contributed by atoms with E-state index in [2.05, 4.69) is 23.6 Å². The lowest BCUT2D eigenvalue weighted by atomic mass is 10.6. The molecular formula is C9H16O2Si. The molecule has 0 N–H and O–H groups in total. The molecule has 0 aromatic heterocycles. The van der Waals surface area contributed by atoms with Gasteiger partial charge in [0.1, 0.15) is 5.91 Å². The van der Waals surface area contributed by atoms with E-state index in [-0.39, 0.29) is 5.91 Å². The molecule has 1 aliphatic rings. The van der Waals surface area contributed by atoms with Crippen LogP contribution in [-0.4, -0.2) is 27.9 Å². The minimum absolute atomic E-state index is 0.0370. The summed E-state index contributed by atoms with van der Waals surface area (Å²) in [7, 11) is -1.04. The molecule has 0 unspecified atom stereocenters. The van der Waals surface area contributed by atoms with Crippen LogP contribution in [0.5, 0.6) is 0 Å². The van der Waals surface area contributed by atoms with Crippen molar-refractivity contribution < 1.29 is 9.47 Å². The highest BCUT2D eigenvalue weighted by atomic mass is 28.3. The van der Waals surface area contributed by atoms with Gasteiger partial charge in [0, 0.05) is 13.2 Å². The maximum atomic E-state index is 5.50. The Balaban J connectivity index is 2.40. The summed E-state index contributed by atoms with van der Waals surface area (Å²) in [5.74, 6) is 0.0370. The summed E-state index contributed by atoms with van der Waals surface area (Å²) in [5.41, 5.74) is 4.46. The molecule has 1 aliphatic heterocycles. The zero-order valence-corrected chi connectivity index (χ0v) is 8.85. The largest absolute Gasteiger partial charge is 0.356 e. The first-order chi connectivity index (χ1) is 5.88. The highest BCUT2D eigenvalue weighted by Gasteiger charge is 2.20. The summed E-state index contributed by atoms with van der Waals surface area (Å²) in [6.45, 7) is 5.47. The molecule has 1 heterocycles. The Bertz CT molecular complexity index is 159. The number of ether oxygens (including phenoxy) is 2. The molecule has 0 aliphatic carbocycles. The van der Waals surface area contributed by atoms with Crippen molar-refractivity contribution >= 4 is 8.80 Å². The number of hydrogen-bond donors (Lipinski definition) is 0. The first-order valence-corrected chi connectivity index (χ1v) is 6.46. The van der Waals surface area contributed by atoms with E-state index in [0.29, 0.717) is 0 Å². The first-order valence-electron chi connectivity index (χ1n) is 4.46. The van der Waals surface area contributed by atoms with Crippen molar-refractivity contribution in [2.75, 3.05) is 13.2 Å². The fraction of sp³-hybridized carbons (Fsp3) is 0.556. The van der Waals surface area contributed by atoms with Gasteiger partial charge in [-0.05, 0) is 13.8 Å². The van der Waals surface area contributed by atoms with Crippen LogP contribution >= 0.6 is 0 Å². The quantitative estimate of drug-likeness (QED) is 0.474. The molecule has 0 spiro atoms. The van der Waals surface area contributed by atoms with E-state index in [1.54, 1.807) is 0 Å². The second-order valence-corrected chi connectivity index (χ2v) is 5.10. The molecule has 0 fully saturated rings. The van der Waals surface area contributed by atoms with E-state index in [4.69, 9.17) is 9.47 Å². The van der Waals surface area contributed by atoms with Crippen LogP contribution in [-0.2, 0) is 9.47 Å². The van der Waals surface area contributed by atoms with Crippen LogP contribution in [0, 0.1) is 0 Å². The van der Waals surface area contributed by atoms with Crippen molar-refractivity contribution in [3.8, 4) is 0 Å². The molecular weight excluding hydrogens is 168 g/mol. The molecule has 0 aromatic carbocycles. The molecule has 0 saturated carbocycles. The van der Waals surface area contributed by atoms with Gasteiger partial charge in [-0.1, -0.05) is 23.6 Å². The Hall–Kier alpha value is -0.383. The fourth-order valence-electron chi connectivity index (χ4n) is 1.23. The third kappa shape index (κ3) is 2.59. The third-order valence-corrected chi connectivity index (χ3v) is 4.10. The Kier molecular flexibility index (Phi) is 4.28. The van der Waals surface area contributed by atoms with E-state index in [1.165, 1.54) is 0 Å². The van der Waals surface area contributed by atoms with Gasteiger partial charge in [-0.15, -0.1) is 0 Å². The Labute approximate surface area is 75.5 Å². The molecule has 0 aromatic rings. The van der Waals surface area contributed by atoms with Gasteiger partial charge in [-0.2, -0.15) is 0 Å². The van der Waals surface area contributed by atoms with Crippen LogP contribution in [0.4, 0.5) is 0 Å². The summed E-state index contributed by atoms with van der Waals surface area (Å²) in [6, 6.07) is 0. The zero-order valence-electron chi connectivity index (χ0n) is 7.69. The molecule has 3 heteroatoms. The molecule has 0 radical (unpaired) electrons. The first kappa shape index (κ1) is 9.70. The van der Waals surface area contributed by atoms with Crippen molar-refractivity contribution in [3.05, 3.63) is 23.6 Å². The summed E-state index contributed by atoms with van der Waals surface area (Å²) in [6.07, 6.45) is 4.17. The Morgan fingerprint density at radius 3 is 2.00 bits per heavy atom. The standard InChI is InChI=1S/C9H16O2Si/c1-3-10-9(11-4-2)12-7-5-6-8-12/h5-9,12H,3-4H2,1-2H3. The van der Waals surface area contributed by atoms with Gasteiger partial charge in [0.2, 0.25) is 0 Å². The van der Waals surface area contributed by atoms with Gasteiger partial charge in [-0.25, -0.2) is 0 Å². The minimum atomic E-state index is -1.04. The van der Waals surface area contributed by atoms with Gasteiger partial charge in [0.25, 0.3) is 0 Å². The lowest BCUT2D eigenvalue weighted by Crippen LogP contribution is -2.32. The highest BCUT2D eigenvalue weighted by Crippen LogP contribution is 2.08. The van der Waals surface area contributed by atoms with Gasteiger partial charge >= 0.3 is 0 Å². The lowest BCUT2D eigenvalue weighted by molar-refractivity contribution is -0.0837. The molecule has 0 amide bonds. The molecule has 1 rings (SSSR count). The predicted octanol–water partition coefficient (Wildman–Crippen LogP) is 1.36. The van der Waals surface area contributed by atoms with Gasteiger partial charge in [0.15, 0.2) is 8.80 Å². The molecule has 68 valence electrons. The van der Waals surface area contributed by atoms with Crippen molar-refractivity contribution in [2.24, 2.45) is 0 Å². The lowest BCUT2D eigenvalue weighted by Gasteiger charge is -2.19. The van der Waals surface area contributed by atoms with E-state index < -0.39 is 8.80 Å². The van der Waals surface area contributed by atoms with Crippen molar-refractivity contribution in [2.45, 2.75) is 19.8 Å². The Morgan fingerprint density at radius 1 is 1.08 bits per heavy atom. The summed E-state index contributed by atoms with van der Waals surface area (Å²) in [5, 5.41) is 0. The monoisotopic (exact) mass is 184 g/mol. The second-order valence-electron chi connectivity index (χ2n) is 2.63. The SMILES string of the molecule is CCOC(OCC)[SiH]1C=CC=C1. The highest BCUT2D eigenvalue weighted by molar-refractivity contribution is 6.71. The summed E-state index contributed by atoms with van der Waals surface area (Å²) >= 11 is 0. The maximum absolute atomic E-state index is 5.50. The van der Waals surface area contributed by atoms with E-state index in [1.807, 2.05) is 13.8 Å². The average Bonchev–Trinajstić information content (AvgIpc) is 2.56. The summed E-state index contributed by atoms with van der Waals surface area (Å²) in [4.78, 5) is 0. The van der Waals surface area contributed by atoms with Crippen LogP contribution in [0.1, 0.15) is 13.8 Å². The van der Waals surface area contributed by atoms with Crippen LogP contribution in [0.2, 0.25) is 0 Å². The molecule has 12 heavy (non-hydrogen) atoms. The van der Waals surface area contributed by atoms with Gasteiger partial charge in [-0.3, -0.25) is 0 Å². The van der Waals surface area contributed by atoms with Crippen molar-refractivity contribution in [3.63, 3.8) is 0 Å². The van der Waals surface area contributed by atoms with Gasteiger partial charge < -0.3 is 9.47 Å². The minimum Gasteiger partial charge on any atom is -0.356 e. The molecule has 2 nitrogen and oxygen atoms in total.